The van der Waals surface area contributed by atoms with E-state index in [0.717, 1.165) is 19.0 Å². The van der Waals surface area contributed by atoms with Crippen LogP contribution in [0.25, 0.3) is 0 Å². The predicted molar refractivity (Wildman–Crippen MR) is 81.0 cm³/mol. The lowest BCUT2D eigenvalue weighted by molar-refractivity contribution is 0.0900. The number of rotatable bonds is 5. The molecule has 21 heavy (non-hydrogen) atoms. The van der Waals surface area contributed by atoms with Gasteiger partial charge < -0.3 is 15.5 Å². The van der Waals surface area contributed by atoms with Gasteiger partial charge in [0.15, 0.2) is 0 Å². The number of hydrogen-bond acceptors (Lipinski definition) is 4. The van der Waals surface area contributed by atoms with E-state index in [1.807, 2.05) is 14.1 Å². The number of likely N-dealkylation sites (N-methyl/N-ethyl adjacent to an activating group) is 1. The maximum atomic E-state index is 13.3. The lowest BCUT2D eigenvalue weighted by atomic mass is 9.96. The van der Waals surface area contributed by atoms with E-state index in [0.29, 0.717) is 12.4 Å². The fourth-order valence-electron chi connectivity index (χ4n) is 2.97. The number of amides is 1. The molecule has 2 N–H and O–H groups in total. The minimum Gasteiger partial charge on any atom is -0.372 e. The first-order valence-corrected chi connectivity index (χ1v) is 7.27. The van der Waals surface area contributed by atoms with Crippen molar-refractivity contribution in [2.75, 3.05) is 33.0 Å². The largest absolute Gasteiger partial charge is 0.372 e. The topological polar surface area (TPSA) is 57.3 Å². The average molecular weight is 294 g/mol. The molecule has 0 atom stereocenters. The van der Waals surface area contributed by atoms with Gasteiger partial charge in [-0.3, -0.25) is 4.79 Å². The van der Waals surface area contributed by atoms with Crippen molar-refractivity contribution in [3.63, 3.8) is 0 Å². The molecular formula is C15H23FN4O. The molecule has 1 aromatic heterocycles. The zero-order chi connectivity index (χ0) is 15.5. The lowest BCUT2D eigenvalue weighted by Gasteiger charge is -2.36. The highest BCUT2D eigenvalue weighted by atomic mass is 19.1. The smallest absolute Gasteiger partial charge is 0.255 e. The summed E-state index contributed by atoms with van der Waals surface area (Å²) in [5.74, 6) is -0.416. The Hall–Kier alpha value is -1.69. The van der Waals surface area contributed by atoms with Crippen molar-refractivity contribution in [3.05, 3.63) is 23.6 Å². The second-order valence-corrected chi connectivity index (χ2v) is 5.81. The van der Waals surface area contributed by atoms with Crippen LogP contribution in [0, 0.1) is 5.82 Å². The van der Waals surface area contributed by atoms with Crippen molar-refractivity contribution >= 4 is 11.7 Å². The number of anilines is 1. The third-order valence-electron chi connectivity index (χ3n) is 4.40. The predicted octanol–water partition coefficient (Wildman–Crippen LogP) is 1.87. The van der Waals surface area contributed by atoms with Crippen LogP contribution in [-0.2, 0) is 0 Å². The maximum absolute atomic E-state index is 13.3. The molecule has 1 amide bonds. The average Bonchev–Trinajstić information content (AvgIpc) is 2.95. The Bertz CT molecular complexity index is 512. The van der Waals surface area contributed by atoms with Crippen molar-refractivity contribution < 1.29 is 9.18 Å². The van der Waals surface area contributed by atoms with Crippen molar-refractivity contribution in [1.82, 2.24) is 15.2 Å². The molecule has 6 heteroatoms. The Balaban J connectivity index is 2.10. The van der Waals surface area contributed by atoms with Crippen molar-refractivity contribution in [2.45, 2.75) is 31.2 Å². The van der Waals surface area contributed by atoms with E-state index in [-0.39, 0.29) is 17.0 Å². The first kappa shape index (κ1) is 15.7. The van der Waals surface area contributed by atoms with E-state index in [2.05, 4.69) is 20.5 Å². The van der Waals surface area contributed by atoms with Crippen molar-refractivity contribution in [2.24, 2.45) is 0 Å². The van der Waals surface area contributed by atoms with E-state index in [1.54, 1.807) is 7.05 Å². The third-order valence-corrected chi connectivity index (χ3v) is 4.40. The fraction of sp³-hybridized carbons (Fsp3) is 0.600. The van der Waals surface area contributed by atoms with Crippen LogP contribution in [0.15, 0.2) is 12.3 Å². The summed E-state index contributed by atoms with van der Waals surface area (Å²) in [5, 5.41) is 5.75. The molecule has 1 heterocycles. The van der Waals surface area contributed by atoms with E-state index in [1.165, 1.54) is 18.9 Å². The summed E-state index contributed by atoms with van der Waals surface area (Å²) >= 11 is 0. The number of nitrogens with zero attached hydrogens (tertiary/aromatic N) is 2. The minimum absolute atomic E-state index is 0.0101. The Morgan fingerprint density at radius 3 is 2.67 bits per heavy atom. The van der Waals surface area contributed by atoms with Gasteiger partial charge in [-0.15, -0.1) is 0 Å². The summed E-state index contributed by atoms with van der Waals surface area (Å²) in [6.45, 7) is 0.568. The Labute approximate surface area is 124 Å². The first-order valence-electron chi connectivity index (χ1n) is 7.27. The highest BCUT2D eigenvalue weighted by molar-refractivity contribution is 5.98. The van der Waals surface area contributed by atoms with Crippen LogP contribution in [0.3, 0.4) is 0 Å². The molecule has 0 unspecified atom stereocenters. The molecule has 5 nitrogen and oxygen atoms in total. The zero-order valence-electron chi connectivity index (χ0n) is 12.9. The summed E-state index contributed by atoms with van der Waals surface area (Å²) in [7, 11) is 5.75. The van der Waals surface area contributed by atoms with Crippen LogP contribution in [-0.4, -0.2) is 49.0 Å². The quantitative estimate of drug-likeness (QED) is 0.870. The molecule has 1 aliphatic carbocycles. The molecule has 1 saturated carbocycles. The lowest BCUT2D eigenvalue weighted by Crippen LogP contribution is -2.50. The van der Waals surface area contributed by atoms with Crippen LogP contribution in [0.1, 0.15) is 36.0 Å². The molecular weight excluding hydrogens is 271 g/mol. The van der Waals surface area contributed by atoms with E-state index < -0.39 is 5.82 Å². The van der Waals surface area contributed by atoms with Gasteiger partial charge in [-0.1, -0.05) is 12.8 Å². The van der Waals surface area contributed by atoms with Gasteiger partial charge in [0.2, 0.25) is 0 Å². The summed E-state index contributed by atoms with van der Waals surface area (Å²) < 4.78 is 13.3. The number of carbonyl (C=O) groups is 1. The van der Waals surface area contributed by atoms with Crippen LogP contribution in [0.4, 0.5) is 10.2 Å². The van der Waals surface area contributed by atoms with E-state index in [9.17, 15) is 9.18 Å². The number of carbonyl (C=O) groups excluding carboxylic acids is 1. The van der Waals surface area contributed by atoms with Gasteiger partial charge in [0.1, 0.15) is 11.6 Å². The molecule has 116 valence electrons. The highest BCUT2D eigenvalue weighted by Crippen LogP contribution is 2.33. The summed E-state index contributed by atoms with van der Waals surface area (Å²) in [6.07, 6.45) is 5.59. The fourth-order valence-corrected chi connectivity index (χ4v) is 2.97. The van der Waals surface area contributed by atoms with Crippen LogP contribution in [0.2, 0.25) is 0 Å². The standard InChI is InChI=1S/C15H23FN4O/c1-17-13-12(8-11(16)9-18-13)14(21)19-10-15(20(2)3)6-4-5-7-15/h8-9H,4-7,10H2,1-3H3,(H,17,18)(H,19,21). The van der Waals surface area contributed by atoms with E-state index in [4.69, 9.17) is 0 Å². The van der Waals surface area contributed by atoms with Gasteiger partial charge in [0.05, 0.1) is 11.8 Å². The number of nitrogens with one attached hydrogen (secondary N) is 2. The first-order chi connectivity index (χ1) is 9.98. The molecule has 0 saturated heterocycles. The van der Waals surface area contributed by atoms with Gasteiger partial charge >= 0.3 is 0 Å². The van der Waals surface area contributed by atoms with E-state index >= 15 is 0 Å². The molecule has 0 radical (unpaired) electrons. The van der Waals surface area contributed by atoms with Crippen molar-refractivity contribution in [1.29, 1.82) is 0 Å². The number of hydrogen-bond donors (Lipinski definition) is 2. The molecule has 1 aliphatic rings. The Kier molecular flexibility index (Phi) is 4.77. The van der Waals surface area contributed by atoms with Gasteiger partial charge in [-0.2, -0.15) is 0 Å². The summed E-state index contributed by atoms with van der Waals surface area (Å²) in [4.78, 5) is 18.4. The van der Waals surface area contributed by atoms with Crippen LogP contribution < -0.4 is 10.6 Å². The Morgan fingerprint density at radius 1 is 1.43 bits per heavy atom. The van der Waals surface area contributed by atoms with Crippen LogP contribution in [0.5, 0.6) is 0 Å². The second-order valence-electron chi connectivity index (χ2n) is 5.81. The maximum Gasteiger partial charge on any atom is 0.255 e. The second kappa shape index (κ2) is 6.39. The molecule has 1 fully saturated rings. The van der Waals surface area contributed by atoms with Gasteiger partial charge in [-0.05, 0) is 33.0 Å². The molecule has 0 bridgehead atoms. The zero-order valence-corrected chi connectivity index (χ0v) is 12.9. The monoisotopic (exact) mass is 294 g/mol. The van der Waals surface area contributed by atoms with Crippen molar-refractivity contribution in [3.8, 4) is 0 Å². The summed E-state index contributed by atoms with van der Waals surface area (Å²) in [6, 6.07) is 1.21. The third kappa shape index (κ3) is 3.32. The normalized spacial score (nSPS) is 17.0. The molecule has 1 aromatic rings. The molecule has 2 rings (SSSR count). The summed E-state index contributed by atoms with van der Waals surface area (Å²) in [5.41, 5.74) is 0.250. The number of halogens is 1. The minimum atomic E-state index is -0.512. The molecule has 0 spiro atoms. The highest BCUT2D eigenvalue weighted by Gasteiger charge is 2.36. The SMILES string of the molecule is CNc1ncc(F)cc1C(=O)NCC1(N(C)C)CCCC1. The Morgan fingerprint density at radius 2 is 2.10 bits per heavy atom. The molecule has 0 aliphatic heterocycles. The van der Waals surface area contributed by atoms with Gasteiger partial charge in [-0.25, -0.2) is 9.37 Å². The van der Waals surface area contributed by atoms with Crippen LogP contribution >= 0.6 is 0 Å². The number of pyridine rings is 1. The number of aromatic nitrogens is 1. The van der Waals surface area contributed by atoms with Gasteiger partial charge in [0.25, 0.3) is 5.91 Å². The molecule has 0 aromatic carbocycles. The van der Waals surface area contributed by atoms with Gasteiger partial charge in [0, 0.05) is 19.1 Å².